The van der Waals surface area contributed by atoms with Gasteiger partial charge in [-0.15, -0.1) is 0 Å². The van der Waals surface area contributed by atoms with Gasteiger partial charge in [0.05, 0.1) is 5.56 Å². The quantitative estimate of drug-likeness (QED) is 0.659. The topological polar surface area (TPSA) is 75.3 Å². The summed E-state index contributed by atoms with van der Waals surface area (Å²) in [6.07, 6.45) is 1.10. The lowest BCUT2D eigenvalue weighted by Gasteiger charge is -2.09. The second-order valence-electron chi connectivity index (χ2n) is 4.07. The van der Waals surface area contributed by atoms with E-state index in [1.165, 1.54) is 6.07 Å². The van der Waals surface area contributed by atoms with Crippen molar-refractivity contribution in [2.45, 2.75) is 19.4 Å². The third kappa shape index (κ3) is 2.03. The first-order valence-electron chi connectivity index (χ1n) is 4.97. The monoisotopic (exact) mass is 206 g/mol. The van der Waals surface area contributed by atoms with Gasteiger partial charge in [0, 0.05) is 17.4 Å². The predicted octanol–water partition coefficient (Wildman–Crippen LogP) is 1.79. The first-order valence-corrected chi connectivity index (χ1v) is 4.97. The number of benzene rings is 1. The largest absolute Gasteiger partial charge is 0.478 e. The standard InChI is InChI=1S/C11H14N2O2/c1-6-4-10(6)13-9-3-2-7(12)5-8(9)11(14)15/h2-3,5-6,10,13H,4,12H2,1H3,(H,14,15). The molecule has 2 atom stereocenters. The molecule has 15 heavy (non-hydrogen) atoms. The number of aromatic carboxylic acids is 1. The van der Waals surface area contributed by atoms with Crippen molar-refractivity contribution in [3.8, 4) is 0 Å². The molecule has 0 aromatic heterocycles. The molecule has 1 saturated carbocycles. The smallest absolute Gasteiger partial charge is 0.337 e. The van der Waals surface area contributed by atoms with E-state index >= 15 is 0 Å². The van der Waals surface area contributed by atoms with E-state index in [0.717, 1.165) is 6.42 Å². The van der Waals surface area contributed by atoms with E-state index in [4.69, 9.17) is 10.8 Å². The molecule has 80 valence electrons. The highest BCUT2D eigenvalue weighted by atomic mass is 16.4. The number of nitrogens with one attached hydrogen (secondary N) is 1. The SMILES string of the molecule is CC1CC1Nc1ccc(N)cc1C(=O)O. The summed E-state index contributed by atoms with van der Waals surface area (Å²) < 4.78 is 0. The summed E-state index contributed by atoms with van der Waals surface area (Å²) in [5, 5.41) is 12.2. The molecule has 1 aliphatic rings. The number of hydrogen-bond acceptors (Lipinski definition) is 3. The van der Waals surface area contributed by atoms with Gasteiger partial charge in [-0.1, -0.05) is 6.92 Å². The van der Waals surface area contributed by atoms with Crippen molar-refractivity contribution in [1.82, 2.24) is 0 Å². The van der Waals surface area contributed by atoms with Gasteiger partial charge in [-0.25, -0.2) is 4.79 Å². The molecular weight excluding hydrogens is 192 g/mol. The number of carbonyl (C=O) groups is 1. The Morgan fingerprint density at radius 3 is 2.80 bits per heavy atom. The third-order valence-corrected chi connectivity index (χ3v) is 2.72. The normalized spacial score (nSPS) is 23.5. The maximum absolute atomic E-state index is 11.0. The van der Waals surface area contributed by atoms with Gasteiger partial charge in [-0.05, 0) is 30.5 Å². The van der Waals surface area contributed by atoms with Crippen molar-refractivity contribution in [3.63, 3.8) is 0 Å². The lowest BCUT2D eigenvalue weighted by atomic mass is 10.1. The number of rotatable bonds is 3. The molecule has 0 heterocycles. The second kappa shape index (κ2) is 3.46. The molecule has 0 radical (unpaired) electrons. The van der Waals surface area contributed by atoms with Gasteiger partial charge in [0.15, 0.2) is 0 Å². The molecule has 0 saturated heterocycles. The summed E-state index contributed by atoms with van der Waals surface area (Å²) >= 11 is 0. The Kier molecular flexibility index (Phi) is 2.26. The molecule has 1 aromatic carbocycles. The second-order valence-corrected chi connectivity index (χ2v) is 4.07. The number of nitrogen functional groups attached to an aromatic ring is 1. The molecule has 0 spiro atoms. The highest BCUT2D eigenvalue weighted by Crippen LogP contribution is 2.34. The molecule has 1 aromatic rings. The van der Waals surface area contributed by atoms with Crippen LogP contribution in [0.4, 0.5) is 11.4 Å². The summed E-state index contributed by atoms with van der Waals surface area (Å²) in [5.41, 5.74) is 6.92. The Labute approximate surface area is 88.1 Å². The predicted molar refractivity (Wildman–Crippen MR) is 59.0 cm³/mol. The highest BCUT2D eigenvalue weighted by molar-refractivity contribution is 5.95. The number of nitrogens with two attached hydrogens (primary N) is 1. The van der Waals surface area contributed by atoms with Crippen LogP contribution in [0.15, 0.2) is 18.2 Å². The molecule has 4 heteroatoms. The molecule has 2 unspecified atom stereocenters. The Balaban J connectivity index is 2.25. The van der Waals surface area contributed by atoms with Crippen molar-refractivity contribution in [2.75, 3.05) is 11.1 Å². The molecule has 4 nitrogen and oxygen atoms in total. The van der Waals surface area contributed by atoms with Gasteiger partial charge < -0.3 is 16.2 Å². The van der Waals surface area contributed by atoms with E-state index in [0.29, 0.717) is 23.3 Å². The van der Waals surface area contributed by atoms with E-state index in [1.807, 2.05) is 0 Å². The zero-order valence-corrected chi connectivity index (χ0v) is 8.53. The van der Waals surface area contributed by atoms with Crippen LogP contribution in [0, 0.1) is 5.92 Å². The number of hydrogen-bond donors (Lipinski definition) is 3. The fourth-order valence-corrected chi connectivity index (χ4v) is 1.59. The van der Waals surface area contributed by atoms with E-state index in [9.17, 15) is 4.79 Å². The van der Waals surface area contributed by atoms with Gasteiger partial charge in [0.25, 0.3) is 0 Å². The van der Waals surface area contributed by atoms with E-state index in [-0.39, 0.29) is 5.56 Å². The van der Waals surface area contributed by atoms with Gasteiger partial charge in [-0.3, -0.25) is 0 Å². The molecule has 2 rings (SSSR count). The molecular formula is C11H14N2O2. The van der Waals surface area contributed by atoms with Crippen molar-refractivity contribution < 1.29 is 9.90 Å². The molecule has 1 fully saturated rings. The minimum Gasteiger partial charge on any atom is -0.478 e. The van der Waals surface area contributed by atoms with Crippen molar-refractivity contribution in [2.24, 2.45) is 5.92 Å². The van der Waals surface area contributed by atoms with Crippen LogP contribution in [0.25, 0.3) is 0 Å². The van der Waals surface area contributed by atoms with Crippen molar-refractivity contribution in [3.05, 3.63) is 23.8 Å². The first-order chi connectivity index (χ1) is 7.08. The minimum atomic E-state index is -0.946. The Morgan fingerprint density at radius 1 is 1.60 bits per heavy atom. The lowest BCUT2D eigenvalue weighted by Crippen LogP contribution is -2.09. The Hall–Kier alpha value is -1.71. The zero-order valence-electron chi connectivity index (χ0n) is 8.53. The lowest BCUT2D eigenvalue weighted by molar-refractivity contribution is 0.0698. The molecule has 0 amide bonds. The fraction of sp³-hybridized carbons (Fsp3) is 0.364. The zero-order chi connectivity index (χ0) is 11.0. The van der Waals surface area contributed by atoms with E-state index in [1.54, 1.807) is 12.1 Å². The van der Waals surface area contributed by atoms with Crippen LogP contribution in [0.5, 0.6) is 0 Å². The van der Waals surface area contributed by atoms with Gasteiger partial charge in [0.1, 0.15) is 0 Å². The van der Waals surface area contributed by atoms with Crippen LogP contribution in [0.2, 0.25) is 0 Å². The highest BCUT2D eigenvalue weighted by Gasteiger charge is 2.33. The minimum absolute atomic E-state index is 0.245. The Bertz CT molecular complexity index is 404. The van der Waals surface area contributed by atoms with E-state index in [2.05, 4.69) is 12.2 Å². The molecule has 0 aliphatic heterocycles. The van der Waals surface area contributed by atoms with Gasteiger partial charge >= 0.3 is 5.97 Å². The molecule has 1 aliphatic carbocycles. The summed E-state index contributed by atoms with van der Waals surface area (Å²) in [6, 6.07) is 5.33. The van der Waals surface area contributed by atoms with Crippen molar-refractivity contribution >= 4 is 17.3 Å². The van der Waals surface area contributed by atoms with Gasteiger partial charge in [-0.2, -0.15) is 0 Å². The Morgan fingerprint density at radius 2 is 2.27 bits per heavy atom. The average Bonchev–Trinajstić information content (AvgIpc) is 2.85. The molecule has 4 N–H and O–H groups in total. The van der Waals surface area contributed by atoms with Crippen LogP contribution in [0.1, 0.15) is 23.7 Å². The van der Waals surface area contributed by atoms with Gasteiger partial charge in [0.2, 0.25) is 0 Å². The number of anilines is 2. The number of carboxylic acids is 1. The summed E-state index contributed by atoms with van der Waals surface area (Å²) in [5.74, 6) is -0.317. The van der Waals surface area contributed by atoms with Crippen LogP contribution < -0.4 is 11.1 Å². The third-order valence-electron chi connectivity index (χ3n) is 2.72. The van der Waals surface area contributed by atoms with Crippen LogP contribution in [0.3, 0.4) is 0 Å². The van der Waals surface area contributed by atoms with Crippen LogP contribution >= 0.6 is 0 Å². The number of carboxylic acid groups (broad SMARTS) is 1. The maximum Gasteiger partial charge on any atom is 0.337 e. The van der Waals surface area contributed by atoms with Crippen LogP contribution in [-0.2, 0) is 0 Å². The van der Waals surface area contributed by atoms with Crippen LogP contribution in [-0.4, -0.2) is 17.1 Å². The first kappa shape index (κ1) is 9.83. The summed E-state index contributed by atoms with van der Waals surface area (Å²) in [4.78, 5) is 11.0. The maximum atomic E-state index is 11.0. The average molecular weight is 206 g/mol. The summed E-state index contributed by atoms with van der Waals surface area (Å²) in [7, 11) is 0. The van der Waals surface area contributed by atoms with E-state index < -0.39 is 5.97 Å². The molecule has 0 bridgehead atoms. The summed E-state index contributed by atoms with van der Waals surface area (Å²) in [6.45, 7) is 2.13. The fourth-order valence-electron chi connectivity index (χ4n) is 1.59. The van der Waals surface area contributed by atoms with Crippen molar-refractivity contribution in [1.29, 1.82) is 0 Å².